The van der Waals surface area contributed by atoms with Crippen molar-refractivity contribution in [1.29, 1.82) is 0 Å². The molecule has 2 amide bonds. The molecule has 3 aromatic rings. The summed E-state index contributed by atoms with van der Waals surface area (Å²) in [7, 11) is 3.11. The first kappa shape index (κ1) is 26.2. The van der Waals surface area contributed by atoms with Gasteiger partial charge in [0.05, 0.1) is 26.8 Å². The van der Waals surface area contributed by atoms with Gasteiger partial charge in [-0.1, -0.05) is 12.1 Å². The van der Waals surface area contributed by atoms with Crippen LogP contribution in [-0.4, -0.2) is 80.0 Å². The molecule has 0 spiro atoms. The lowest BCUT2D eigenvalue weighted by atomic mass is 9.93. The van der Waals surface area contributed by atoms with E-state index in [4.69, 9.17) is 9.47 Å². The first-order chi connectivity index (χ1) is 18.5. The minimum absolute atomic E-state index is 0.0300. The van der Waals surface area contributed by atoms with Crippen molar-refractivity contribution in [2.24, 2.45) is 0 Å². The molecule has 1 saturated heterocycles. The van der Waals surface area contributed by atoms with E-state index in [1.165, 1.54) is 10.9 Å². The Morgan fingerprint density at radius 1 is 0.947 bits per heavy atom. The Kier molecular flexibility index (Phi) is 7.95. The molecule has 1 fully saturated rings. The molecule has 2 aromatic carbocycles. The van der Waals surface area contributed by atoms with Gasteiger partial charge in [-0.25, -0.2) is 4.39 Å². The van der Waals surface area contributed by atoms with E-state index in [1.54, 1.807) is 60.8 Å². The molecular weight excluding hydrogens is 505 g/mol. The molecule has 0 saturated carbocycles. The highest BCUT2D eigenvalue weighted by atomic mass is 32.1. The van der Waals surface area contributed by atoms with Crippen molar-refractivity contribution in [2.45, 2.75) is 18.9 Å². The van der Waals surface area contributed by atoms with Gasteiger partial charge in [-0.05, 0) is 59.7 Å². The first-order valence-electron chi connectivity index (χ1n) is 12.8. The third kappa shape index (κ3) is 5.54. The Labute approximate surface area is 226 Å². The fraction of sp³-hybridized carbons (Fsp3) is 0.379. The Morgan fingerprint density at radius 3 is 2.42 bits per heavy atom. The van der Waals surface area contributed by atoms with Gasteiger partial charge in [0.2, 0.25) is 5.91 Å². The number of rotatable bonds is 6. The van der Waals surface area contributed by atoms with Crippen LogP contribution in [-0.2, 0) is 11.2 Å². The normalized spacial score (nSPS) is 18.0. The lowest BCUT2D eigenvalue weighted by Gasteiger charge is -2.37. The van der Waals surface area contributed by atoms with Crippen LogP contribution in [0.2, 0.25) is 0 Å². The van der Waals surface area contributed by atoms with Crippen LogP contribution in [0, 0.1) is 5.82 Å². The van der Waals surface area contributed by atoms with Gasteiger partial charge in [-0.2, -0.15) is 0 Å². The number of halogens is 1. The predicted octanol–water partition coefficient (Wildman–Crippen LogP) is 4.23. The van der Waals surface area contributed by atoms with Crippen molar-refractivity contribution in [2.75, 3.05) is 53.5 Å². The van der Waals surface area contributed by atoms with Crippen LogP contribution in [0.1, 0.15) is 38.8 Å². The van der Waals surface area contributed by atoms with Crippen LogP contribution in [0.3, 0.4) is 0 Å². The summed E-state index contributed by atoms with van der Waals surface area (Å²) >= 11 is 1.72. The number of thiophene rings is 1. The fourth-order valence-electron chi connectivity index (χ4n) is 5.36. The van der Waals surface area contributed by atoms with E-state index in [-0.39, 0.29) is 30.2 Å². The van der Waals surface area contributed by atoms with E-state index in [9.17, 15) is 14.0 Å². The minimum atomic E-state index is -0.276. The molecule has 9 heteroatoms. The lowest BCUT2D eigenvalue weighted by Crippen LogP contribution is -2.45. The molecule has 1 atom stereocenters. The van der Waals surface area contributed by atoms with Crippen molar-refractivity contribution in [3.8, 4) is 11.5 Å². The standard InChI is InChI=1S/C29H32FN3O4S/c1-36-23-16-21(17-24(18-23)37-2)29(35)32-10-4-9-31(12-13-32)27(34)19-33-11-7-26-25(8-14-38-26)28(33)20-5-3-6-22(30)15-20/h3,5-6,8,14-18,28H,4,7,9-13,19H2,1-2H3. The number of hydrogen-bond acceptors (Lipinski definition) is 6. The Bertz CT molecular complexity index is 1290. The van der Waals surface area contributed by atoms with Crippen LogP contribution >= 0.6 is 11.3 Å². The average molecular weight is 538 g/mol. The summed E-state index contributed by atoms with van der Waals surface area (Å²) in [6.45, 7) is 3.05. The second-order valence-electron chi connectivity index (χ2n) is 9.61. The third-order valence-electron chi connectivity index (χ3n) is 7.30. The molecule has 3 heterocycles. The molecular formula is C29H32FN3O4S. The van der Waals surface area contributed by atoms with Crippen LogP contribution in [0.25, 0.3) is 0 Å². The third-order valence-corrected chi connectivity index (χ3v) is 8.30. The molecule has 7 nitrogen and oxygen atoms in total. The number of benzene rings is 2. The monoisotopic (exact) mass is 537 g/mol. The summed E-state index contributed by atoms with van der Waals surface area (Å²) in [5.74, 6) is 0.762. The quantitative estimate of drug-likeness (QED) is 0.471. The predicted molar refractivity (Wildman–Crippen MR) is 144 cm³/mol. The molecule has 38 heavy (non-hydrogen) atoms. The maximum Gasteiger partial charge on any atom is 0.254 e. The number of methoxy groups -OCH3 is 2. The highest BCUT2D eigenvalue weighted by Crippen LogP contribution is 2.37. The largest absolute Gasteiger partial charge is 0.497 e. The van der Waals surface area contributed by atoms with Crippen molar-refractivity contribution in [3.63, 3.8) is 0 Å². The molecule has 0 aliphatic carbocycles. The molecule has 2 aliphatic rings. The smallest absolute Gasteiger partial charge is 0.254 e. The number of ether oxygens (including phenoxy) is 2. The van der Waals surface area contributed by atoms with E-state index < -0.39 is 0 Å². The van der Waals surface area contributed by atoms with E-state index in [1.807, 2.05) is 11.0 Å². The van der Waals surface area contributed by atoms with Crippen LogP contribution in [0.15, 0.2) is 53.9 Å². The van der Waals surface area contributed by atoms with Gasteiger partial charge in [-0.3, -0.25) is 14.5 Å². The second kappa shape index (κ2) is 11.5. The van der Waals surface area contributed by atoms with E-state index >= 15 is 0 Å². The molecule has 1 unspecified atom stereocenters. The zero-order valence-corrected chi connectivity index (χ0v) is 22.5. The van der Waals surface area contributed by atoms with E-state index in [0.29, 0.717) is 49.7 Å². The molecule has 5 rings (SSSR count). The van der Waals surface area contributed by atoms with Gasteiger partial charge < -0.3 is 19.3 Å². The summed E-state index contributed by atoms with van der Waals surface area (Å²) < 4.78 is 24.8. The zero-order chi connectivity index (χ0) is 26.6. The van der Waals surface area contributed by atoms with E-state index in [2.05, 4.69) is 16.3 Å². The lowest BCUT2D eigenvalue weighted by molar-refractivity contribution is -0.132. The summed E-state index contributed by atoms with van der Waals surface area (Å²) in [6.07, 6.45) is 1.57. The molecule has 0 radical (unpaired) electrons. The van der Waals surface area contributed by atoms with Gasteiger partial charge in [0.1, 0.15) is 17.3 Å². The van der Waals surface area contributed by atoms with Gasteiger partial charge >= 0.3 is 0 Å². The Morgan fingerprint density at radius 2 is 1.68 bits per heavy atom. The second-order valence-corrected chi connectivity index (χ2v) is 10.6. The molecule has 0 N–H and O–H groups in total. The number of hydrogen-bond donors (Lipinski definition) is 0. The summed E-state index contributed by atoms with van der Waals surface area (Å²) in [5, 5.41) is 2.07. The minimum Gasteiger partial charge on any atom is -0.497 e. The maximum absolute atomic E-state index is 14.1. The first-order valence-corrected chi connectivity index (χ1v) is 13.7. The number of carbonyl (C=O) groups excluding carboxylic acids is 2. The summed E-state index contributed by atoms with van der Waals surface area (Å²) in [6, 6.07) is 13.8. The van der Waals surface area contributed by atoms with Crippen molar-refractivity contribution in [3.05, 3.63) is 81.3 Å². The highest BCUT2D eigenvalue weighted by molar-refractivity contribution is 7.10. The maximum atomic E-state index is 14.1. The SMILES string of the molecule is COc1cc(OC)cc(C(=O)N2CCCN(C(=O)CN3CCc4sccc4C3c3cccc(F)c3)CC2)c1. The molecule has 0 bridgehead atoms. The average Bonchev–Trinajstić information content (AvgIpc) is 3.27. The highest BCUT2D eigenvalue weighted by Gasteiger charge is 2.32. The molecule has 1 aromatic heterocycles. The van der Waals surface area contributed by atoms with Gasteiger partial charge in [0.25, 0.3) is 5.91 Å². The molecule has 2 aliphatic heterocycles. The number of carbonyl (C=O) groups is 2. The van der Waals surface area contributed by atoms with Crippen LogP contribution in [0.5, 0.6) is 11.5 Å². The zero-order valence-electron chi connectivity index (χ0n) is 21.7. The topological polar surface area (TPSA) is 62.3 Å². The number of fused-ring (bicyclic) bond motifs is 1. The van der Waals surface area contributed by atoms with Gasteiger partial charge in [-0.15, -0.1) is 11.3 Å². The van der Waals surface area contributed by atoms with Crippen molar-refractivity contribution < 1.29 is 23.5 Å². The number of amides is 2. The fourth-order valence-corrected chi connectivity index (χ4v) is 6.27. The van der Waals surface area contributed by atoms with Crippen LogP contribution in [0.4, 0.5) is 4.39 Å². The Hall–Kier alpha value is -3.43. The summed E-state index contributed by atoms with van der Waals surface area (Å²) in [5.41, 5.74) is 2.51. The van der Waals surface area contributed by atoms with Crippen LogP contribution < -0.4 is 9.47 Å². The van der Waals surface area contributed by atoms with Crippen molar-refractivity contribution in [1.82, 2.24) is 14.7 Å². The number of nitrogens with zero attached hydrogens (tertiary/aromatic N) is 3. The summed E-state index contributed by atoms with van der Waals surface area (Å²) in [4.78, 5) is 33.9. The van der Waals surface area contributed by atoms with Crippen molar-refractivity contribution >= 4 is 23.2 Å². The molecule has 200 valence electrons. The Balaban J connectivity index is 1.27. The van der Waals surface area contributed by atoms with Gasteiger partial charge in [0, 0.05) is 49.2 Å². The van der Waals surface area contributed by atoms with E-state index in [0.717, 1.165) is 24.1 Å². The van der Waals surface area contributed by atoms with Gasteiger partial charge in [0.15, 0.2) is 0 Å².